The van der Waals surface area contributed by atoms with Gasteiger partial charge in [-0.2, -0.15) is 0 Å². The van der Waals surface area contributed by atoms with E-state index in [9.17, 15) is 9.59 Å². The molecule has 2 aromatic heterocycles. The van der Waals surface area contributed by atoms with Crippen LogP contribution in [-0.4, -0.2) is 15.3 Å². The van der Waals surface area contributed by atoms with Gasteiger partial charge in [-0.25, -0.2) is 9.78 Å². The van der Waals surface area contributed by atoms with E-state index in [0.717, 1.165) is 10.0 Å². The third-order valence-corrected chi connectivity index (χ3v) is 3.93. The zero-order valence-corrected chi connectivity index (χ0v) is 12.8. The summed E-state index contributed by atoms with van der Waals surface area (Å²) in [6.07, 6.45) is 0. The summed E-state index contributed by atoms with van der Waals surface area (Å²) < 4.78 is 7.48. The van der Waals surface area contributed by atoms with Gasteiger partial charge < -0.3 is 4.42 Å². The molecule has 0 N–H and O–H groups in total. The second-order valence-electron chi connectivity index (χ2n) is 4.62. The van der Waals surface area contributed by atoms with Crippen molar-refractivity contribution >= 4 is 32.9 Å². The molecule has 0 unspecified atom stereocenters. The van der Waals surface area contributed by atoms with E-state index in [0.29, 0.717) is 23.5 Å². The standard InChI is InChI=1S/C15H11BrN2O3/c1-9(19)12-6-7-13-14(17-12)18(15(20)21-13)8-10-4-2-3-5-11(10)16/h2-7H,8H2,1H3. The highest BCUT2D eigenvalue weighted by molar-refractivity contribution is 9.10. The van der Waals surface area contributed by atoms with Crippen molar-refractivity contribution in [2.45, 2.75) is 13.5 Å². The van der Waals surface area contributed by atoms with Crippen LogP contribution in [-0.2, 0) is 6.54 Å². The van der Waals surface area contributed by atoms with Crippen LogP contribution in [0.1, 0.15) is 23.0 Å². The molecular weight excluding hydrogens is 336 g/mol. The Balaban J connectivity index is 2.15. The lowest BCUT2D eigenvalue weighted by Gasteiger charge is -2.04. The van der Waals surface area contributed by atoms with E-state index in [1.807, 2.05) is 24.3 Å². The van der Waals surface area contributed by atoms with Gasteiger partial charge in [-0.1, -0.05) is 34.1 Å². The van der Waals surface area contributed by atoms with Crippen LogP contribution in [0.2, 0.25) is 0 Å². The minimum atomic E-state index is -0.492. The number of ketones is 1. The molecule has 0 radical (unpaired) electrons. The molecule has 5 nitrogen and oxygen atoms in total. The SMILES string of the molecule is CC(=O)c1ccc2oc(=O)n(Cc3ccccc3Br)c2n1. The molecule has 0 aliphatic rings. The molecule has 1 aromatic carbocycles. The number of pyridine rings is 1. The third kappa shape index (κ3) is 2.54. The van der Waals surface area contributed by atoms with Crippen LogP contribution in [0.3, 0.4) is 0 Å². The van der Waals surface area contributed by atoms with Crippen LogP contribution in [0.15, 0.2) is 50.1 Å². The van der Waals surface area contributed by atoms with Crippen molar-refractivity contribution in [3.8, 4) is 0 Å². The van der Waals surface area contributed by atoms with Gasteiger partial charge in [0.1, 0.15) is 5.69 Å². The van der Waals surface area contributed by atoms with E-state index < -0.39 is 5.76 Å². The highest BCUT2D eigenvalue weighted by atomic mass is 79.9. The van der Waals surface area contributed by atoms with Crippen molar-refractivity contribution in [3.63, 3.8) is 0 Å². The number of benzene rings is 1. The summed E-state index contributed by atoms with van der Waals surface area (Å²) in [4.78, 5) is 27.6. The van der Waals surface area contributed by atoms with Gasteiger partial charge in [0.2, 0.25) is 0 Å². The highest BCUT2D eigenvalue weighted by Gasteiger charge is 2.14. The van der Waals surface area contributed by atoms with Crippen molar-refractivity contribution in [1.29, 1.82) is 0 Å². The quantitative estimate of drug-likeness (QED) is 0.683. The largest absolute Gasteiger partial charge is 0.421 e. The van der Waals surface area contributed by atoms with Crippen molar-refractivity contribution in [2.75, 3.05) is 0 Å². The number of Topliss-reactive ketones (excluding diaryl/α,β-unsaturated/α-hetero) is 1. The summed E-state index contributed by atoms with van der Waals surface area (Å²) in [5, 5.41) is 0. The van der Waals surface area contributed by atoms with Gasteiger partial charge in [0.15, 0.2) is 17.0 Å². The molecule has 106 valence electrons. The molecule has 0 atom stereocenters. The minimum absolute atomic E-state index is 0.155. The fourth-order valence-corrected chi connectivity index (χ4v) is 2.49. The van der Waals surface area contributed by atoms with Crippen LogP contribution in [0.4, 0.5) is 0 Å². The normalized spacial score (nSPS) is 11.0. The molecule has 0 aliphatic carbocycles. The van der Waals surface area contributed by atoms with Crippen molar-refractivity contribution in [1.82, 2.24) is 9.55 Å². The zero-order chi connectivity index (χ0) is 15.0. The first-order valence-electron chi connectivity index (χ1n) is 6.31. The van der Waals surface area contributed by atoms with E-state index in [2.05, 4.69) is 20.9 Å². The fourth-order valence-electron chi connectivity index (χ4n) is 2.08. The number of oxazole rings is 1. The maximum Gasteiger partial charge on any atom is 0.421 e. The molecule has 0 bridgehead atoms. The first-order chi connectivity index (χ1) is 10.1. The predicted molar refractivity (Wildman–Crippen MR) is 81.5 cm³/mol. The molecule has 0 spiro atoms. The number of nitrogens with zero attached hydrogens (tertiary/aromatic N) is 2. The molecule has 0 amide bonds. The molecule has 0 aliphatic heterocycles. The topological polar surface area (TPSA) is 65.1 Å². The molecule has 21 heavy (non-hydrogen) atoms. The van der Waals surface area contributed by atoms with E-state index in [1.165, 1.54) is 11.5 Å². The molecule has 3 aromatic rings. The first-order valence-corrected chi connectivity index (χ1v) is 7.10. The van der Waals surface area contributed by atoms with Crippen molar-refractivity contribution in [2.24, 2.45) is 0 Å². The molecule has 0 saturated carbocycles. The summed E-state index contributed by atoms with van der Waals surface area (Å²) in [6, 6.07) is 10.7. The van der Waals surface area contributed by atoms with Crippen LogP contribution in [0, 0.1) is 0 Å². The lowest BCUT2D eigenvalue weighted by molar-refractivity contribution is 0.101. The van der Waals surface area contributed by atoms with Gasteiger partial charge >= 0.3 is 5.76 Å². The second-order valence-corrected chi connectivity index (χ2v) is 5.47. The second kappa shape index (κ2) is 5.29. The summed E-state index contributed by atoms with van der Waals surface area (Å²) in [6.45, 7) is 1.76. The third-order valence-electron chi connectivity index (χ3n) is 3.16. The number of aromatic nitrogens is 2. The monoisotopic (exact) mass is 346 g/mol. The highest BCUT2D eigenvalue weighted by Crippen LogP contribution is 2.19. The average molecular weight is 347 g/mol. The molecule has 6 heteroatoms. The van der Waals surface area contributed by atoms with Crippen molar-refractivity contribution < 1.29 is 9.21 Å². The summed E-state index contributed by atoms with van der Waals surface area (Å²) in [5.74, 6) is -0.646. The molecular formula is C15H11BrN2O3. The van der Waals surface area contributed by atoms with Gasteiger partial charge in [0, 0.05) is 11.4 Å². The van der Waals surface area contributed by atoms with Gasteiger partial charge in [-0.3, -0.25) is 9.36 Å². The fraction of sp³-hybridized carbons (Fsp3) is 0.133. The van der Waals surface area contributed by atoms with Gasteiger partial charge in [0.25, 0.3) is 0 Å². The van der Waals surface area contributed by atoms with Crippen LogP contribution < -0.4 is 5.76 Å². The Hall–Kier alpha value is -2.21. The van der Waals surface area contributed by atoms with Crippen LogP contribution >= 0.6 is 15.9 Å². The Kier molecular flexibility index (Phi) is 3.47. The van der Waals surface area contributed by atoms with Crippen LogP contribution in [0.5, 0.6) is 0 Å². The number of carbonyl (C=O) groups is 1. The summed E-state index contributed by atoms with van der Waals surface area (Å²) in [5.41, 5.74) is 1.99. The number of halogens is 1. The molecule has 0 saturated heterocycles. The maximum absolute atomic E-state index is 12.0. The smallest absolute Gasteiger partial charge is 0.406 e. The maximum atomic E-state index is 12.0. The van der Waals surface area contributed by atoms with Crippen molar-refractivity contribution in [3.05, 3.63) is 62.7 Å². The lowest BCUT2D eigenvalue weighted by Crippen LogP contribution is -2.16. The number of hydrogen-bond acceptors (Lipinski definition) is 4. The summed E-state index contributed by atoms with van der Waals surface area (Å²) >= 11 is 3.45. The Morgan fingerprint density at radius 2 is 2.05 bits per heavy atom. The molecule has 3 rings (SSSR count). The lowest BCUT2D eigenvalue weighted by atomic mass is 10.2. The predicted octanol–water partition coefficient (Wildman–Crippen LogP) is 3.00. The van der Waals surface area contributed by atoms with E-state index in [4.69, 9.17) is 4.42 Å². The average Bonchev–Trinajstić information content (AvgIpc) is 2.76. The van der Waals surface area contributed by atoms with E-state index >= 15 is 0 Å². The first kappa shape index (κ1) is 13.8. The number of carbonyl (C=O) groups excluding carboxylic acids is 1. The van der Waals surface area contributed by atoms with Gasteiger partial charge in [-0.15, -0.1) is 0 Å². The Labute approximate surface area is 128 Å². The summed E-state index contributed by atoms with van der Waals surface area (Å²) in [7, 11) is 0. The number of hydrogen-bond donors (Lipinski definition) is 0. The number of fused-ring (bicyclic) bond motifs is 1. The number of rotatable bonds is 3. The van der Waals surface area contributed by atoms with E-state index in [-0.39, 0.29) is 5.78 Å². The Morgan fingerprint density at radius 3 is 2.76 bits per heavy atom. The van der Waals surface area contributed by atoms with Gasteiger partial charge in [0.05, 0.1) is 6.54 Å². The minimum Gasteiger partial charge on any atom is -0.406 e. The molecule has 2 heterocycles. The van der Waals surface area contributed by atoms with E-state index in [1.54, 1.807) is 12.1 Å². The Morgan fingerprint density at radius 1 is 1.29 bits per heavy atom. The Bertz CT molecular complexity index is 895. The zero-order valence-electron chi connectivity index (χ0n) is 11.2. The van der Waals surface area contributed by atoms with Crippen LogP contribution in [0.25, 0.3) is 11.2 Å². The molecule has 0 fully saturated rings. The van der Waals surface area contributed by atoms with Gasteiger partial charge in [-0.05, 0) is 23.8 Å².